The van der Waals surface area contributed by atoms with Gasteiger partial charge in [-0.3, -0.25) is 10.1 Å². The second-order valence-electron chi connectivity index (χ2n) is 4.56. The van der Waals surface area contributed by atoms with Gasteiger partial charge in [0.05, 0.1) is 30.9 Å². The highest BCUT2D eigenvalue weighted by molar-refractivity contribution is 7.80. The van der Waals surface area contributed by atoms with Gasteiger partial charge in [-0.2, -0.15) is 0 Å². The average molecular weight is 351 g/mol. The van der Waals surface area contributed by atoms with Crippen LogP contribution >= 0.6 is 12.2 Å². The Morgan fingerprint density at radius 1 is 1.12 bits per heavy atom. The molecule has 0 saturated heterocycles. The van der Waals surface area contributed by atoms with Crippen LogP contribution in [0.1, 0.15) is 0 Å². The number of anilines is 2. The number of ether oxygens (including phenoxy) is 2. The highest BCUT2D eigenvalue weighted by Crippen LogP contribution is 2.30. The first-order chi connectivity index (χ1) is 11.4. The molecule has 2 N–H and O–H groups in total. The lowest BCUT2D eigenvalue weighted by atomic mass is 10.2. The van der Waals surface area contributed by atoms with Crippen LogP contribution in [0.4, 0.5) is 21.5 Å². The molecule has 2 rings (SSSR count). The van der Waals surface area contributed by atoms with Gasteiger partial charge in [-0.25, -0.2) is 4.39 Å². The molecule has 0 spiro atoms. The highest BCUT2D eigenvalue weighted by atomic mass is 32.1. The summed E-state index contributed by atoms with van der Waals surface area (Å²) in [4.78, 5) is 10.3. The number of hydrogen-bond donors (Lipinski definition) is 2. The Balaban J connectivity index is 2.19. The summed E-state index contributed by atoms with van der Waals surface area (Å²) in [6, 6.07) is 8.21. The Morgan fingerprint density at radius 3 is 2.42 bits per heavy atom. The van der Waals surface area contributed by atoms with Crippen molar-refractivity contribution >= 4 is 34.4 Å². The lowest BCUT2D eigenvalue weighted by molar-refractivity contribution is -0.384. The number of nitrogens with one attached hydrogen (secondary N) is 2. The smallest absolute Gasteiger partial charge is 0.295 e. The molecule has 0 aliphatic carbocycles. The molecule has 0 bridgehead atoms. The van der Waals surface area contributed by atoms with Gasteiger partial charge in [0.15, 0.2) is 5.11 Å². The van der Waals surface area contributed by atoms with E-state index < -0.39 is 16.4 Å². The van der Waals surface area contributed by atoms with Gasteiger partial charge in [0.25, 0.3) is 5.69 Å². The monoisotopic (exact) mass is 351 g/mol. The summed E-state index contributed by atoms with van der Waals surface area (Å²) >= 11 is 5.14. The maximum Gasteiger partial charge on any atom is 0.295 e. The molecule has 0 unspecified atom stereocenters. The third-order valence-electron chi connectivity index (χ3n) is 3.06. The van der Waals surface area contributed by atoms with E-state index >= 15 is 0 Å². The Kier molecular flexibility index (Phi) is 5.48. The van der Waals surface area contributed by atoms with Crippen LogP contribution in [0, 0.1) is 15.9 Å². The van der Waals surface area contributed by atoms with Gasteiger partial charge in [-0.1, -0.05) is 0 Å². The van der Waals surface area contributed by atoms with E-state index in [2.05, 4.69) is 10.6 Å². The summed E-state index contributed by atoms with van der Waals surface area (Å²) in [6.45, 7) is 0. The number of nitrogens with zero attached hydrogens (tertiary/aromatic N) is 1. The summed E-state index contributed by atoms with van der Waals surface area (Å²) in [5.41, 5.74) is 0.202. The third kappa shape index (κ3) is 4.07. The van der Waals surface area contributed by atoms with Crippen molar-refractivity contribution in [1.82, 2.24) is 0 Å². The van der Waals surface area contributed by atoms with E-state index in [1.165, 1.54) is 20.3 Å². The van der Waals surface area contributed by atoms with Gasteiger partial charge in [-0.05, 0) is 36.5 Å². The van der Waals surface area contributed by atoms with Crippen molar-refractivity contribution in [3.63, 3.8) is 0 Å². The zero-order valence-corrected chi connectivity index (χ0v) is 13.6. The van der Waals surface area contributed by atoms with E-state index in [0.717, 1.165) is 12.1 Å². The first-order valence-corrected chi connectivity index (χ1v) is 7.09. The fourth-order valence-corrected chi connectivity index (χ4v) is 2.16. The third-order valence-corrected chi connectivity index (χ3v) is 3.27. The number of rotatable bonds is 5. The van der Waals surface area contributed by atoms with E-state index in [1.54, 1.807) is 18.2 Å². The number of halogens is 1. The molecule has 0 radical (unpaired) electrons. The molecule has 2 aromatic rings. The van der Waals surface area contributed by atoms with E-state index in [-0.39, 0.29) is 10.8 Å². The summed E-state index contributed by atoms with van der Waals surface area (Å²) in [5, 5.41) is 16.6. The lowest BCUT2D eigenvalue weighted by Crippen LogP contribution is -2.20. The maximum atomic E-state index is 13.2. The van der Waals surface area contributed by atoms with Gasteiger partial charge in [0, 0.05) is 6.07 Å². The Labute approximate surface area is 142 Å². The van der Waals surface area contributed by atoms with Crippen LogP contribution in [0.2, 0.25) is 0 Å². The van der Waals surface area contributed by atoms with Gasteiger partial charge in [0.2, 0.25) is 0 Å². The Morgan fingerprint density at radius 2 is 1.79 bits per heavy atom. The van der Waals surface area contributed by atoms with E-state index in [1.807, 2.05) is 0 Å². The summed E-state index contributed by atoms with van der Waals surface area (Å²) < 4.78 is 23.5. The molecule has 0 fully saturated rings. The highest BCUT2D eigenvalue weighted by Gasteiger charge is 2.16. The molecule has 0 aromatic heterocycles. The minimum atomic E-state index is -0.706. The molecule has 0 saturated carbocycles. The molecule has 126 valence electrons. The van der Waals surface area contributed by atoms with Crippen LogP contribution in [0.3, 0.4) is 0 Å². The van der Waals surface area contributed by atoms with Crippen molar-refractivity contribution in [2.24, 2.45) is 0 Å². The molecule has 24 heavy (non-hydrogen) atoms. The van der Waals surface area contributed by atoms with Crippen LogP contribution in [0.5, 0.6) is 11.5 Å². The molecular weight excluding hydrogens is 337 g/mol. The Hall–Kier alpha value is -2.94. The largest absolute Gasteiger partial charge is 0.497 e. The van der Waals surface area contributed by atoms with Crippen LogP contribution in [0.25, 0.3) is 0 Å². The molecule has 2 aromatic carbocycles. The van der Waals surface area contributed by atoms with Crippen LogP contribution in [-0.4, -0.2) is 24.3 Å². The van der Waals surface area contributed by atoms with E-state index in [0.29, 0.717) is 17.2 Å². The van der Waals surface area contributed by atoms with Crippen molar-refractivity contribution in [2.45, 2.75) is 0 Å². The van der Waals surface area contributed by atoms with Gasteiger partial charge >= 0.3 is 0 Å². The van der Waals surface area contributed by atoms with Gasteiger partial charge in [0.1, 0.15) is 23.0 Å². The molecule has 0 aliphatic rings. The molecule has 0 amide bonds. The van der Waals surface area contributed by atoms with Crippen LogP contribution in [0.15, 0.2) is 36.4 Å². The predicted molar refractivity (Wildman–Crippen MR) is 92.4 cm³/mol. The van der Waals surface area contributed by atoms with E-state index in [9.17, 15) is 14.5 Å². The minimum Gasteiger partial charge on any atom is -0.497 e. The number of nitro benzene ring substituents is 1. The van der Waals surface area contributed by atoms with Crippen molar-refractivity contribution in [3.8, 4) is 11.5 Å². The second-order valence-corrected chi connectivity index (χ2v) is 4.97. The second kappa shape index (κ2) is 7.55. The molecule has 0 aliphatic heterocycles. The molecule has 7 nitrogen and oxygen atoms in total. The number of methoxy groups -OCH3 is 2. The van der Waals surface area contributed by atoms with E-state index in [4.69, 9.17) is 21.7 Å². The molecule has 9 heteroatoms. The van der Waals surface area contributed by atoms with Crippen molar-refractivity contribution < 1.29 is 18.8 Å². The fraction of sp³-hybridized carbons (Fsp3) is 0.133. The number of hydrogen-bond acceptors (Lipinski definition) is 5. The molecular formula is C15H14FN3O4S. The van der Waals surface area contributed by atoms with Crippen LogP contribution in [-0.2, 0) is 0 Å². The first kappa shape index (κ1) is 17.4. The average Bonchev–Trinajstić information content (AvgIpc) is 2.56. The van der Waals surface area contributed by atoms with Crippen molar-refractivity contribution in [1.29, 1.82) is 0 Å². The van der Waals surface area contributed by atoms with Crippen molar-refractivity contribution in [2.75, 3.05) is 24.9 Å². The van der Waals surface area contributed by atoms with Gasteiger partial charge in [-0.15, -0.1) is 0 Å². The molecule has 0 atom stereocenters. The number of benzene rings is 2. The number of nitro groups is 1. The maximum absolute atomic E-state index is 13.2. The molecule has 0 heterocycles. The minimum absolute atomic E-state index is 0.0754. The lowest BCUT2D eigenvalue weighted by Gasteiger charge is -2.14. The first-order valence-electron chi connectivity index (χ1n) is 6.68. The standard InChI is InChI=1S/C15H14FN3O4S/c1-22-10-4-6-12(14(8-10)23-2)18-15(24)17-11-5-3-9(16)7-13(11)19(20)21/h3-8H,1-2H3,(H2,17,18,24). The quantitative estimate of drug-likeness (QED) is 0.484. The van der Waals surface area contributed by atoms with Gasteiger partial charge < -0.3 is 20.1 Å². The summed E-state index contributed by atoms with van der Waals surface area (Å²) in [5.74, 6) is 0.375. The predicted octanol–water partition coefficient (Wildman–Crippen LogP) is 3.56. The SMILES string of the molecule is COc1ccc(NC(=S)Nc2ccc(F)cc2[N+](=O)[O-])c(OC)c1. The zero-order valence-electron chi connectivity index (χ0n) is 12.8. The zero-order chi connectivity index (χ0) is 17.7. The van der Waals surface area contributed by atoms with Crippen LogP contribution < -0.4 is 20.1 Å². The van der Waals surface area contributed by atoms with Crippen molar-refractivity contribution in [3.05, 3.63) is 52.3 Å². The Bertz CT molecular complexity index is 785. The summed E-state index contributed by atoms with van der Waals surface area (Å²) in [7, 11) is 3.02. The fourth-order valence-electron chi connectivity index (χ4n) is 1.94. The normalized spacial score (nSPS) is 9.96. The topological polar surface area (TPSA) is 85.7 Å². The summed E-state index contributed by atoms with van der Waals surface area (Å²) in [6.07, 6.45) is 0. The number of thiocarbonyl (C=S) groups is 1.